The molecular formula is C23H30N4O3S. The third-order valence-corrected chi connectivity index (χ3v) is 8.02. The Morgan fingerprint density at radius 3 is 2.52 bits per heavy atom. The molecule has 1 unspecified atom stereocenters. The molecule has 1 aromatic heterocycles. The number of carbonyl (C=O) groups excluding carboxylic acids is 1. The maximum atomic E-state index is 13.0. The highest BCUT2D eigenvalue weighted by molar-refractivity contribution is 7.88. The zero-order chi connectivity index (χ0) is 21.8. The molecule has 0 radical (unpaired) electrons. The van der Waals surface area contributed by atoms with Gasteiger partial charge in [-0.05, 0) is 44.6 Å². The Bertz CT molecular complexity index is 1020. The summed E-state index contributed by atoms with van der Waals surface area (Å²) in [5.41, 5.74) is 2.01. The van der Waals surface area contributed by atoms with Crippen LogP contribution < -0.4 is 0 Å². The summed E-state index contributed by atoms with van der Waals surface area (Å²) in [7, 11) is -3.41. The monoisotopic (exact) mass is 442 g/mol. The molecule has 31 heavy (non-hydrogen) atoms. The van der Waals surface area contributed by atoms with E-state index in [1.54, 1.807) is 10.5 Å². The molecule has 2 aliphatic heterocycles. The minimum Gasteiger partial charge on any atom is -0.339 e. The number of likely N-dealkylation sites (tertiary alicyclic amines) is 1. The molecule has 3 heterocycles. The molecule has 4 rings (SSSR count). The molecule has 1 atom stereocenters. The van der Waals surface area contributed by atoms with Gasteiger partial charge in [-0.2, -0.15) is 0 Å². The largest absolute Gasteiger partial charge is 0.339 e. The maximum absolute atomic E-state index is 13.0. The first-order valence-electron chi connectivity index (χ1n) is 11.1. The van der Waals surface area contributed by atoms with Gasteiger partial charge in [0.25, 0.3) is 5.91 Å². The molecule has 2 aromatic rings. The molecule has 166 valence electrons. The second-order valence-corrected chi connectivity index (χ2v) is 10.5. The van der Waals surface area contributed by atoms with E-state index in [0.29, 0.717) is 30.2 Å². The molecule has 0 bridgehead atoms. The number of rotatable bonds is 5. The van der Waals surface area contributed by atoms with Crippen LogP contribution in [0.15, 0.2) is 36.5 Å². The summed E-state index contributed by atoms with van der Waals surface area (Å²) in [5.74, 6) is 0.577. The Morgan fingerprint density at radius 1 is 1.06 bits per heavy atom. The van der Waals surface area contributed by atoms with Gasteiger partial charge < -0.3 is 4.90 Å². The molecule has 2 fully saturated rings. The van der Waals surface area contributed by atoms with Gasteiger partial charge >= 0.3 is 0 Å². The van der Waals surface area contributed by atoms with E-state index < -0.39 is 10.0 Å². The summed E-state index contributed by atoms with van der Waals surface area (Å²) in [6.07, 6.45) is 6.50. The quantitative estimate of drug-likeness (QED) is 0.710. The van der Waals surface area contributed by atoms with Crippen molar-refractivity contribution in [2.75, 3.05) is 26.2 Å². The number of carbonyl (C=O) groups is 1. The maximum Gasteiger partial charge on any atom is 0.257 e. The Hall–Kier alpha value is -2.32. The first-order valence-corrected chi connectivity index (χ1v) is 12.7. The standard InChI is InChI=1S/C23H30N4O3S/c1-18-21(23(28)26-12-6-3-7-13-26)15-24-22(25-18)20-11-8-14-27(16-20)31(29,30)17-19-9-4-2-5-10-19/h2,4-5,9-10,15,20H,3,6-8,11-14,16-17H2,1H3. The lowest BCUT2D eigenvalue weighted by Gasteiger charge is -2.31. The normalized spacial score (nSPS) is 20.5. The van der Waals surface area contributed by atoms with Gasteiger partial charge in [0.2, 0.25) is 10.0 Å². The Balaban J connectivity index is 1.46. The zero-order valence-electron chi connectivity index (χ0n) is 18.0. The molecule has 7 nitrogen and oxygen atoms in total. The Kier molecular flexibility index (Phi) is 6.67. The molecule has 0 aliphatic carbocycles. The average molecular weight is 443 g/mol. The second kappa shape index (κ2) is 9.44. The number of benzene rings is 1. The molecule has 0 saturated carbocycles. The van der Waals surface area contributed by atoms with E-state index in [9.17, 15) is 13.2 Å². The molecular weight excluding hydrogens is 412 g/mol. The van der Waals surface area contributed by atoms with Crippen LogP contribution in [-0.2, 0) is 15.8 Å². The Morgan fingerprint density at radius 2 is 1.81 bits per heavy atom. The third-order valence-electron chi connectivity index (χ3n) is 6.21. The van der Waals surface area contributed by atoms with Crippen LogP contribution in [-0.4, -0.2) is 59.7 Å². The average Bonchev–Trinajstić information content (AvgIpc) is 2.79. The van der Waals surface area contributed by atoms with Gasteiger partial charge in [0.1, 0.15) is 5.82 Å². The predicted molar refractivity (Wildman–Crippen MR) is 119 cm³/mol. The van der Waals surface area contributed by atoms with Crippen LogP contribution in [0.1, 0.15) is 65.5 Å². The van der Waals surface area contributed by atoms with E-state index in [4.69, 9.17) is 0 Å². The predicted octanol–water partition coefficient (Wildman–Crippen LogP) is 3.12. The molecule has 0 N–H and O–H groups in total. The van der Waals surface area contributed by atoms with Crippen LogP contribution in [0.5, 0.6) is 0 Å². The lowest BCUT2D eigenvalue weighted by Crippen LogP contribution is -2.40. The summed E-state index contributed by atoms with van der Waals surface area (Å²) in [6, 6.07) is 9.26. The van der Waals surface area contributed by atoms with Crippen molar-refractivity contribution in [3.8, 4) is 0 Å². The van der Waals surface area contributed by atoms with E-state index in [1.165, 1.54) is 6.42 Å². The van der Waals surface area contributed by atoms with Gasteiger partial charge in [-0.3, -0.25) is 4.79 Å². The van der Waals surface area contributed by atoms with Gasteiger partial charge in [-0.15, -0.1) is 0 Å². The van der Waals surface area contributed by atoms with Crippen molar-refractivity contribution in [1.29, 1.82) is 0 Å². The number of aryl methyl sites for hydroxylation is 1. The van der Waals surface area contributed by atoms with Crippen molar-refractivity contribution in [2.45, 2.75) is 50.7 Å². The molecule has 1 aromatic carbocycles. The summed E-state index contributed by atoms with van der Waals surface area (Å²) in [6.45, 7) is 4.33. The second-order valence-electron chi connectivity index (χ2n) is 8.52. The summed E-state index contributed by atoms with van der Waals surface area (Å²) in [4.78, 5) is 23.8. The number of hydrogen-bond donors (Lipinski definition) is 0. The molecule has 1 amide bonds. The fraction of sp³-hybridized carbons (Fsp3) is 0.522. The van der Waals surface area contributed by atoms with Crippen molar-refractivity contribution in [1.82, 2.24) is 19.2 Å². The lowest BCUT2D eigenvalue weighted by atomic mass is 9.98. The highest BCUT2D eigenvalue weighted by atomic mass is 32.2. The SMILES string of the molecule is Cc1nc(C2CCCN(S(=O)(=O)Cc3ccccc3)C2)ncc1C(=O)N1CCCCC1. The van der Waals surface area contributed by atoms with Gasteiger partial charge in [0.15, 0.2) is 0 Å². The lowest BCUT2D eigenvalue weighted by molar-refractivity contribution is 0.0722. The van der Waals surface area contributed by atoms with Crippen LogP contribution >= 0.6 is 0 Å². The minimum absolute atomic E-state index is 0.000500. The van der Waals surface area contributed by atoms with E-state index in [2.05, 4.69) is 9.97 Å². The number of amides is 1. The van der Waals surface area contributed by atoms with Crippen molar-refractivity contribution >= 4 is 15.9 Å². The summed E-state index contributed by atoms with van der Waals surface area (Å²) >= 11 is 0. The van der Waals surface area contributed by atoms with Crippen molar-refractivity contribution < 1.29 is 13.2 Å². The first kappa shape index (κ1) is 21.9. The molecule has 2 aliphatic rings. The van der Waals surface area contributed by atoms with Gasteiger partial charge in [-0.1, -0.05) is 30.3 Å². The van der Waals surface area contributed by atoms with Crippen LogP contribution in [0, 0.1) is 6.92 Å². The molecule has 8 heteroatoms. The van der Waals surface area contributed by atoms with Crippen LogP contribution in [0.25, 0.3) is 0 Å². The van der Waals surface area contributed by atoms with Gasteiger partial charge in [0, 0.05) is 38.3 Å². The number of sulfonamides is 1. The first-order chi connectivity index (χ1) is 14.9. The van der Waals surface area contributed by atoms with E-state index >= 15 is 0 Å². The fourth-order valence-corrected chi connectivity index (χ4v) is 6.05. The number of nitrogens with zero attached hydrogens (tertiary/aromatic N) is 4. The van der Waals surface area contributed by atoms with Crippen LogP contribution in [0.3, 0.4) is 0 Å². The van der Waals surface area contributed by atoms with Gasteiger partial charge in [0.05, 0.1) is 17.0 Å². The smallest absolute Gasteiger partial charge is 0.257 e. The van der Waals surface area contributed by atoms with Crippen molar-refractivity contribution in [3.63, 3.8) is 0 Å². The van der Waals surface area contributed by atoms with E-state index in [0.717, 1.165) is 44.3 Å². The van der Waals surface area contributed by atoms with E-state index in [-0.39, 0.29) is 17.6 Å². The minimum atomic E-state index is -3.41. The number of aromatic nitrogens is 2. The van der Waals surface area contributed by atoms with Crippen LogP contribution in [0.2, 0.25) is 0 Å². The number of hydrogen-bond acceptors (Lipinski definition) is 5. The highest BCUT2D eigenvalue weighted by Crippen LogP contribution is 2.28. The fourth-order valence-electron chi connectivity index (χ4n) is 4.44. The summed E-state index contributed by atoms with van der Waals surface area (Å²) in [5, 5.41) is 0. The van der Waals surface area contributed by atoms with E-state index in [1.807, 2.05) is 42.2 Å². The number of piperidine rings is 2. The molecule has 2 saturated heterocycles. The van der Waals surface area contributed by atoms with Crippen LogP contribution in [0.4, 0.5) is 0 Å². The topological polar surface area (TPSA) is 83.5 Å². The third kappa shape index (κ3) is 5.13. The molecule has 0 spiro atoms. The summed E-state index contributed by atoms with van der Waals surface area (Å²) < 4.78 is 27.5. The van der Waals surface area contributed by atoms with Crippen molar-refractivity contribution in [3.05, 3.63) is 59.2 Å². The zero-order valence-corrected chi connectivity index (χ0v) is 18.9. The van der Waals surface area contributed by atoms with Gasteiger partial charge in [-0.25, -0.2) is 22.7 Å². The Labute approximate surface area is 184 Å². The van der Waals surface area contributed by atoms with Crippen molar-refractivity contribution in [2.24, 2.45) is 0 Å². The highest BCUT2D eigenvalue weighted by Gasteiger charge is 2.31.